The van der Waals surface area contributed by atoms with Gasteiger partial charge in [-0.2, -0.15) is 0 Å². The van der Waals surface area contributed by atoms with Gasteiger partial charge in [-0.3, -0.25) is 4.79 Å². The largest absolute Gasteiger partial charge is 0.334 e. The summed E-state index contributed by atoms with van der Waals surface area (Å²) < 4.78 is 2.07. The minimum Gasteiger partial charge on any atom is -0.334 e. The standard InChI is InChI=1S/C20H21N3O/c24-20(12-9-16-6-2-1-3-7-16)23(17-10-11-17)15-18-14-21-19-8-4-5-13-22(18)19/h1-8,13-14,17H,9-12,15H2. The summed E-state index contributed by atoms with van der Waals surface area (Å²) in [5.41, 5.74) is 3.22. The number of hydrogen-bond acceptors (Lipinski definition) is 2. The average Bonchev–Trinajstić information content (AvgIpc) is 3.39. The summed E-state index contributed by atoms with van der Waals surface area (Å²) >= 11 is 0. The molecule has 0 unspecified atom stereocenters. The van der Waals surface area contributed by atoms with E-state index in [0.717, 1.165) is 30.6 Å². The van der Waals surface area contributed by atoms with E-state index in [9.17, 15) is 4.79 Å². The minimum atomic E-state index is 0.243. The molecule has 24 heavy (non-hydrogen) atoms. The molecule has 0 radical (unpaired) electrons. The highest BCUT2D eigenvalue weighted by Gasteiger charge is 2.32. The second-order valence-electron chi connectivity index (χ2n) is 6.42. The van der Waals surface area contributed by atoms with Gasteiger partial charge in [0.1, 0.15) is 5.65 Å². The van der Waals surface area contributed by atoms with Crippen molar-refractivity contribution in [1.29, 1.82) is 0 Å². The van der Waals surface area contributed by atoms with Crippen LogP contribution in [0.2, 0.25) is 0 Å². The number of nitrogens with zero attached hydrogens (tertiary/aromatic N) is 3. The van der Waals surface area contributed by atoms with Crippen LogP contribution in [0.1, 0.15) is 30.5 Å². The third-order valence-electron chi connectivity index (χ3n) is 4.60. The van der Waals surface area contributed by atoms with Crippen LogP contribution in [-0.4, -0.2) is 26.2 Å². The molecule has 2 aromatic heterocycles. The van der Waals surface area contributed by atoms with Gasteiger partial charge in [0.15, 0.2) is 0 Å². The molecule has 0 bridgehead atoms. The maximum absolute atomic E-state index is 12.8. The molecule has 2 heterocycles. The Bertz CT molecular complexity index is 836. The molecule has 1 aromatic carbocycles. The Hall–Kier alpha value is -2.62. The van der Waals surface area contributed by atoms with E-state index in [1.165, 1.54) is 5.56 Å². The molecule has 0 spiro atoms. The molecule has 0 atom stereocenters. The number of benzene rings is 1. The quantitative estimate of drug-likeness (QED) is 0.698. The second-order valence-corrected chi connectivity index (χ2v) is 6.42. The number of hydrogen-bond donors (Lipinski definition) is 0. The van der Waals surface area contributed by atoms with Crippen LogP contribution < -0.4 is 0 Å². The number of pyridine rings is 1. The Kier molecular flexibility index (Phi) is 4.03. The lowest BCUT2D eigenvalue weighted by molar-refractivity contribution is -0.132. The van der Waals surface area contributed by atoms with E-state index in [-0.39, 0.29) is 5.91 Å². The summed E-state index contributed by atoms with van der Waals surface area (Å²) in [6, 6.07) is 16.6. The predicted octanol–water partition coefficient (Wildman–Crippen LogP) is 3.46. The monoisotopic (exact) mass is 319 g/mol. The zero-order valence-electron chi connectivity index (χ0n) is 13.6. The molecule has 1 aliphatic rings. The fraction of sp³-hybridized carbons (Fsp3) is 0.300. The number of aromatic nitrogens is 2. The normalized spacial score (nSPS) is 14.0. The predicted molar refractivity (Wildman–Crippen MR) is 93.5 cm³/mol. The lowest BCUT2D eigenvalue weighted by atomic mass is 10.1. The van der Waals surface area contributed by atoms with Crippen LogP contribution in [0.25, 0.3) is 5.65 Å². The molecule has 4 heteroatoms. The van der Waals surface area contributed by atoms with E-state index in [1.807, 2.05) is 53.7 Å². The Morgan fingerprint density at radius 1 is 1.12 bits per heavy atom. The van der Waals surface area contributed by atoms with Crippen molar-refractivity contribution in [1.82, 2.24) is 14.3 Å². The topological polar surface area (TPSA) is 37.6 Å². The third kappa shape index (κ3) is 3.18. The molecule has 3 aromatic rings. The van der Waals surface area contributed by atoms with Gasteiger partial charge in [-0.15, -0.1) is 0 Å². The summed E-state index contributed by atoms with van der Waals surface area (Å²) in [5, 5.41) is 0. The lowest BCUT2D eigenvalue weighted by Crippen LogP contribution is -2.33. The number of aryl methyl sites for hydroxylation is 1. The Morgan fingerprint density at radius 2 is 1.92 bits per heavy atom. The summed E-state index contributed by atoms with van der Waals surface area (Å²) in [6.45, 7) is 0.642. The first-order valence-electron chi connectivity index (χ1n) is 8.55. The van der Waals surface area contributed by atoms with Crippen molar-refractivity contribution in [3.63, 3.8) is 0 Å². The van der Waals surface area contributed by atoms with Crippen molar-refractivity contribution in [3.05, 3.63) is 72.2 Å². The van der Waals surface area contributed by atoms with Crippen LogP contribution in [0.4, 0.5) is 0 Å². The summed E-state index contributed by atoms with van der Waals surface area (Å²) in [6.07, 6.45) is 7.50. The van der Waals surface area contributed by atoms with E-state index in [1.54, 1.807) is 0 Å². The van der Waals surface area contributed by atoms with Crippen molar-refractivity contribution in [2.45, 2.75) is 38.3 Å². The van der Waals surface area contributed by atoms with Crippen LogP contribution in [0.3, 0.4) is 0 Å². The summed E-state index contributed by atoms with van der Waals surface area (Å²) in [5.74, 6) is 0.243. The maximum Gasteiger partial charge on any atom is 0.223 e. The molecular formula is C20H21N3O. The minimum absolute atomic E-state index is 0.243. The van der Waals surface area contributed by atoms with Crippen molar-refractivity contribution < 1.29 is 4.79 Å². The Balaban J connectivity index is 1.47. The van der Waals surface area contributed by atoms with E-state index < -0.39 is 0 Å². The van der Waals surface area contributed by atoms with E-state index in [4.69, 9.17) is 0 Å². The number of imidazole rings is 1. The molecule has 122 valence electrons. The van der Waals surface area contributed by atoms with E-state index in [2.05, 4.69) is 21.5 Å². The zero-order chi connectivity index (χ0) is 16.4. The summed E-state index contributed by atoms with van der Waals surface area (Å²) in [7, 11) is 0. The number of fused-ring (bicyclic) bond motifs is 1. The number of amides is 1. The fourth-order valence-electron chi connectivity index (χ4n) is 3.12. The summed E-state index contributed by atoms with van der Waals surface area (Å²) in [4.78, 5) is 19.2. The number of carbonyl (C=O) groups is 1. The van der Waals surface area contributed by atoms with Gasteiger partial charge < -0.3 is 9.30 Å². The van der Waals surface area contributed by atoms with Crippen LogP contribution in [0, 0.1) is 0 Å². The molecule has 1 saturated carbocycles. The molecule has 1 amide bonds. The Labute approximate surface area is 141 Å². The van der Waals surface area contributed by atoms with Gasteiger partial charge in [0.2, 0.25) is 5.91 Å². The van der Waals surface area contributed by atoms with Crippen molar-refractivity contribution in [3.8, 4) is 0 Å². The van der Waals surface area contributed by atoms with Gasteiger partial charge >= 0.3 is 0 Å². The first kappa shape index (κ1) is 14.9. The second kappa shape index (κ2) is 6.48. The molecule has 0 aliphatic heterocycles. The van der Waals surface area contributed by atoms with Crippen LogP contribution >= 0.6 is 0 Å². The van der Waals surface area contributed by atoms with Crippen molar-refractivity contribution in [2.24, 2.45) is 0 Å². The number of rotatable bonds is 6. The lowest BCUT2D eigenvalue weighted by Gasteiger charge is -2.22. The van der Waals surface area contributed by atoms with Gasteiger partial charge in [-0.25, -0.2) is 4.98 Å². The molecule has 4 nitrogen and oxygen atoms in total. The van der Waals surface area contributed by atoms with Gasteiger partial charge in [-0.1, -0.05) is 36.4 Å². The highest BCUT2D eigenvalue weighted by Crippen LogP contribution is 2.29. The fourth-order valence-corrected chi connectivity index (χ4v) is 3.12. The zero-order valence-corrected chi connectivity index (χ0v) is 13.6. The van der Waals surface area contributed by atoms with Crippen LogP contribution in [0.15, 0.2) is 60.9 Å². The van der Waals surface area contributed by atoms with Gasteiger partial charge in [-0.05, 0) is 37.0 Å². The van der Waals surface area contributed by atoms with Gasteiger partial charge in [0, 0.05) is 18.7 Å². The van der Waals surface area contributed by atoms with Gasteiger partial charge in [0.05, 0.1) is 18.4 Å². The first-order valence-corrected chi connectivity index (χ1v) is 8.55. The van der Waals surface area contributed by atoms with Crippen molar-refractivity contribution in [2.75, 3.05) is 0 Å². The van der Waals surface area contributed by atoms with E-state index in [0.29, 0.717) is 19.0 Å². The van der Waals surface area contributed by atoms with E-state index >= 15 is 0 Å². The highest BCUT2D eigenvalue weighted by atomic mass is 16.2. The SMILES string of the molecule is O=C(CCc1ccccc1)N(Cc1cnc2ccccn12)C1CC1. The van der Waals surface area contributed by atoms with Gasteiger partial charge in [0.25, 0.3) is 0 Å². The molecular weight excluding hydrogens is 298 g/mol. The molecule has 1 aliphatic carbocycles. The smallest absolute Gasteiger partial charge is 0.223 e. The maximum atomic E-state index is 12.8. The third-order valence-corrected chi connectivity index (χ3v) is 4.60. The molecule has 0 N–H and O–H groups in total. The Morgan fingerprint density at radius 3 is 2.71 bits per heavy atom. The van der Waals surface area contributed by atoms with Crippen LogP contribution in [0.5, 0.6) is 0 Å². The van der Waals surface area contributed by atoms with Crippen LogP contribution in [-0.2, 0) is 17.8 Å². The molecule has 0 saturated heterocycles. The van der Waals surface area contributed by atoms with Crippen molar-refractivity contribution >= 4 is 11.6 Å². The number of carbonyl (C=O) groups excluding carboxylic acids is 1. The first-order chi connectivity index (χ1) is 11.8. The molecule has 4 rings (SSSR count). The average molecular weight is 319 g/mol. The highest BCUT2D eigenvalue weighted by molar-refractivity contribution is 5.77. The molecule has 1 fully saturated rings.